The van der Waals surface area contributed by atoms with Crippen LogP contribution in [0.4, 0.5) is 5.95 Å². The number of nitrogens with zero attached hydrogens (tertiary/aromatic N) is 2. The predicted molar refractivity (Wildman–Crippen MR) is 58.3 cm³/mol. The molecule has 0 aromatic carbocycles. The van der Waals surface area contributed by atoms with Gasteiger partial charge in [-0.2, -0.15) is 0 Å². The van der Waals surface area contributed by atoms with Crippen molar-refractivity contribution in [3.05, 3.63) is 12.4 Å². The molecule has 14 heavy (non-hydrogen) atoms. The molecule has 1 fully saturated rings. The van der Waals surface area contributed by atoms with Crippen molar-refractivity contribution in [3.8, 4) is 0 Å². The van der Waals surface area contributed by atoms with Gasteiger partial charge in [-0.3, -0.25) is 0 Å². The monoisotopic (exact) mass is 193 g/mol. The van der Waals surface area contributed by atoms with E-state index in [1.807, 2.05) is 6.20 Å². The highest BCUT2D eigenvalue weighted by Gasteiger charge is 2.16. The average molecular weight is 193 g/mol. The first-order valence-electron chi connectivity index (χ1n) is 5.65. The molecule has 1 aliphatic rings. The molecule has 0 spiro atoms. The first-order chi connectivity index (χ1) is 6.90. The molecule has 0 atom stereocenters. The van der Waals surface area contributed by atoms with Gasteiger partial charge in [0.1, 0.15) is 0 Å². The van der Waals surface area contributed by atoms with Gasteiger partial charge in [0.25, 0.3) is 0 Å². The van der Waals surface area contributed by atoms with E-state index in [0.717, 1.165) is 25.0 Å². The molecular weight excluding hydrogens is 174 g/mol. The van der Waals surface area contributed by atoms with Crippen LogP contribution >= 0.6 is 0 Å². The van der Waals surface area contributed by atoms with Gasteiger partial charge < -0.3 is 9.88 Å². The third-order valence-electron chi connectivity index (χ3n) is 2.98. The maximum Gasteiger partial charge on any atom is 0.202 e. The number of aromatic nitrogens is 2. The molecule has 0 radical (unpaired) electrons. The highest BCUT2D eigenvalue weighted by molar-refractivity contribution is 5.25. The van der Waals surface area contributed by atoms with Gasteiger partial charge in [0.2, 0.25) is 5.95 Å². The molecule has 3 nitrogen and oxygen atoms in total. The van der Waals surface area contributed by atoms with Crippen molar-refractivity contribution >= 4 is 5.95 Å². The van der Waals surface area contributed by atoms with Crippen LogP contribution in [0, 0.1) is 5.92 Å². The van der Waals surface area contributed by atoms with Gasteiger partial charge in [0, 0.05) is 25.5 Å². The number of hydrogen-bond acceptors (Lipinski definition) is 2. The fourth-order valence-electron chi connectivity index (χ4n) is 2.25. The third kappa shape index (κ3) is 2.08. The van der Waals surface area contributed by atoms with Crippen LogP contribution in [0.3, 0.4) is 0 Å². The lowest BCUT2D eigenvalue weighted by atomic mass is 10.1. The Morgan fingerprint density at radius 1 is 1.50 bits per heavy atom. The highest BCUT2D eigenvalue weighted by Crippen LogP contribution is 2.26. The van der Waals surface area contributed by atoms with E-state index >= 15 is 0 Å². The van der Waals surface area contributed by atoms with Gasteiger partial charge in [-0.05, 0) is 25.7 Å². The Morgan fingerprint density at radius 2 is 2.29 bits per heavy atom. The van der Waals surface area contributed by atoms with Gasteiger partial charge >= 0.3 is 0 Å². The van der Waals surface area contributed by atoms with E-state index in [4.69, 9.17) is 0 Å². The highest BCUT2D eigenvalue weighted by atomic mass is 15.2. The predicted octanol–water partition coefficient (Wildman–Crippen LogP) is 2.51. The summed E-state index contributed by atoms with van der Waals surface area (Å²) < 4.78 is 2.25. The molecule has 0 unspecified atom stereocenters. The van der Waals surface area contributed by atoms with Gasteiger partial charge in [-0.15, -0.1) is 0 Å². The molecule has 3 heteroatoms. The van der Waals surface area contributed by atoms with Crippen LogP contribution in [0.5, 0.6) is 0 Å². The van der Waals surface area contributed by atoms with E-state index in [1.165, 1.54) is 25.7 Å². The zero-order valence-electron chi connectivity index (χ0n) is 8.87. The summed E-state index contributed by atoms with van der Waals surface area (Å²) >= 11 is 0. The molecule has 1 aromatic heterocycles. The summed E-state index contributed by atoms with van der Waals surface area (Å²) in [6.07, 6.45) is 9.57. The van der Waals surface area contributed by atoms with Crippen molar-refractivity contribution in [1.82, 2.24) is 9.55 Å². The van der Waals surface area contributed by atoms with Gasteiger partial charge in [0.05, 0.1) is 0 Å². The maximum atomic E-state index is 4.30. The largest absolute Gasteiger partial charge is 0.356 e. The zero-order valence-corrected chi connectivity index (χ0v) is 8.87. The fraction of sp³-hybridized carbons (Fsp3) is 0.727. The Hall–Kier alpha value is -0.990. The van der Waals surface area contributed by atoms with Crippen LogP contribution in [-0.4, -0.2) is 16.1 Å². The van der Waals surface area contributed by atoms with Gasteiger partial charge in [-0.1, -0.05) is 12.8 Å². The lowest BCUT2D eigenvalue weighted by Gasteiger charge is -2.12. The van der Waals surface area contributed by atoms with Crippen molar-refractivity contribution in [2.45, 2.75) is 39.2 Å². The van der Waals surface area contributed by atoms with E-state index < -0.39 is 0 Å². The lowest BCUT2D eigenvalue weighted by Crippen LogP contribution is -2.11. The Labute approximate surface area is 85.5 Å². The molecule has 2 rings (SSSR count). The van der Waals surface area contributed by atoms with E-state index in [2.05, 4.69) is 28.0 Å². The summed E-state index contributed by atoms with van der Waals surface area (Å²) in [5, 5.41) is 3.28. The van der Waals surface area contributed by atoms with Gasteiger partial charge in [0.15, 0.2) is 0 Å². The molecular formula is C11H19N3. The van der Waals surface area contributed by atoms with E-state index in [0.29, 0.717) is 0 Å². The second kappa shape index (κ2) is 4.49. The maximum absolute atomic E-state index is 4.30. The number of nitrogens with one attached hydrogen (secondary N) is 1. The summed E-state index contributed by atoms with van der Waals surface area (Å²) in [6.45, 7) is 4.19. The summed E-state index contributed by atoms with van der Waals surface area (Å²) in [5.41, 5.74) is 0. The molecule has 1 aliphatic carbocycles. The summed E-state index contributed by atoms with van der Waals surface area (Å²) in [6, 6.07) is 0. The normalized spacial score (nSPS) is 17.5. The van der Waals surface area contributed by atoms with Crippen molar-refractivity contribution < 1.29 is 0 Å². The molecule has 0 saturated heterocycles. The van der Waals surface area contributed by atoms with Crippen molar-refractivity contribution in [3.63, 3.8) is 0 Å². The molecule has 1 heterocycles. The number of anilines is 1. The molecule has 1 aromatic rings. The van der Waals surface area contributed by atoms with Crippen LogP contribution in [-0.2, 0) is 6.54 Å². The molecule has 1 N–H and O–H groups in total. The van der Waals surface area contributed by atoms with E-state index in [9.17, 15) is 0 Å². The first-order valence-corrected chi connectivity index (χ1v) is 5.65. The fourth-order valence-corrected chi connectivity index (χ4v) is 2.25. The quantitative estimate of drug-likeness (QED) is 0.796. The topological polar surface area (TPSA) is 29.9 Å². The minimum atomic E-state index is 0.876. The van der Waals surface area contributed by atoms with Crippen LogP contribution in [0.2, 0.25) is 0 Å². The molecule has 0 bridgehead atoms. The Bertz CT molecular complexity index is 274. The van der Waals surface area contributed by atoms with Crippen LogP contribution < -0.4 is 5.32 Å². The Morgan fingerprint density at radius 3 is 3.00 bits per heavy atom. The summed E-state index contributed by atoms with van der Waals surface area (Å²) in [7, 11) is 0. The minimum Gasteiger partial charge on any atom is -0.356 e. The molecule has 78 valence electrons. The Balaban J connectivity index is 1.96. The Kier molecular flexibility index (Phi) is 3.07. The van der Waals surface area contributed by atoms with E-state index in [-0.39, 0.29) is 0 Å². The minimum absolute atomic E-state index is 0.876. The van der Waals surface area contributed by atoms with E-state index in [1.54, 1.807) is 0 Å². The standard InChI is InChI=1S/C11H19N3/c1-2-12-11-13-7-8-14(11)9-10-5-3-4-6-10/h7-8,10H,2-6,9H2,1H3,(H,12,13). The lowest BCUT2D eigenvalue weighted by molar-refractivity contribution is 0.460. The van der Waals surface area contributed by atoms with Gasteiger partial charge in [-0.25, -0.2) is 4.98 Å². The van der Waals surface area contributed by atoms with Crippen molar-refractivity contribution in [2.75, 3.05) is 11.9 Å². The second-order valence-corrected chi connectivity index (χ2v) is 4.08. The third-order valence-corrected chi connectivity index (χ3v) is 2.98. The van der Waals surface area contributed by atoms with Crippen molar-refractivity contribution in [1.29, 1.82) is 0 Å². The SMILES string of the molecule is CCNc1nccn1CC1CCCC1. The molecule has 1 saturated carbocycles. The number of rotatable bonds is 4. The van der Waals surface area contributed by atoms with Crippen LogP contribution in [0.25, 0.3) is 0 Å². The van der Waals surface area contributed by atoms with Crippen LogP contribution in [0.15, 0.2) is 12.4 Å². The summed E-state index contributed by atoms with van der Waals surface area (Å²) in [4.78, 5) is 4.30. The average Bonchev–Trinajstić information content (AvgIpc) is 2.80. The molecule has 0 amide bonds. The first kappa shape index (κ1) is 9.56. The van der Waals surface area contributed by atoms with Crippen molar-refractivity contribution in [2.24, 2.45) is 5.92 Å². The number of imidazole rings is 1. The zero-order chi connectivity index (χ0) is 9.80. The smallest absolute Gasteiger partial charge is 0.202 e. The summed E-state index contributed by atoms with van der Waals surface area (Å²) in [5.74, 6) is 1.90. The second-order valence-electron chi connectivity index (χ2n) is 4.08. The van der Waals surface area contributed by atoms with Crippen LogP contribution in [0.1, 0.15) is 32.6 Å². The number of hydrogen-bond donors (Lipinski definition) is 1. The molecule has 0 aliphatic heterocycles.